The molecular weight excluding hydrogens is 212 g/mol. The first-order valence-electron chi connectivity index (χ1n) is 7.22. The van der Waals surface area contributed by atoms with Gasteiger partial charge < -0.3 is 15.4 Å². The Morgan fingerprint density at radius 1 is 1.29 bits per heavy atom. The molecule has 1 saturated carbocycles. The van der Waals surface area contributed by atoms with Crippen molar-refractivity contribution < 1.29 is 4.74 Å². The van der Waals surface area contributed by atoms with Crippen LogP contribution in [0.25, 0.3) is 0 Å². The molecule has 1 unspecified atom stereocenters. The molecule has 1 saturated heterocycles. The first kappa shape index (κ1) is 13.3. The predicted octanol–water partition coefficient (Wildman–Crippen LogP) is 2.01. The highest BCUT2D eigenvalue weighted by Crippen LogP contribution is 2.29. The van der Waals surface area contributed by atoms with Crippen LogP contribution in [-0.2, 0) is 4.74 Å². The molecule has 2 N–H and O–H groups in total. The van der Waals surface area contributed by atoms with E-state index in [1.807, 2.05) is 0 Å². The number of ether oxygens (including phenoxy) is 1. The van der Waals surface area contributed by atoms with Gasteiger partial charge in [-0.2, -0.15) is 0 Å². The number of methoxy groups -OCH3 is 1. The Kier molecular flexibility index (Phi) is 4.83. The molecule has 1 aliphatic carbocycles. The summed E-state index contributed by atoms with van der Waals surface area (Å²) in [5.74, 6) is 0.750. The van der Waals surface area contributed by atoms with Crippen LogP contribution in [-0.4, -0.2) is 43.8 Å². The minimum atomic E-state index is 0.150. The van der Waals surface area contributed by atoms with Crippen LogP contribution in [0.3, 0.4) is 0 Å². The van der Waals surface area contributed by atoms with Gasteiger partial charge in [-0.05, 0) is 44.7 Å². The van der Waals surface area contributed by atoms with Crippen LogP contribution in [0.5, 0.6) is 0 Å². The molecule has 1 aliphatic heterocycles. The largest absolute Gasteiger partial charge is 0.384 e. The lowest BCUT2D eigenvalue weighted by Gasteiger charge is -2.34. The summed E-state index contributed by atoms with van der Waals surface area (Å²) >= 11 is 0. The maximum absolute atomic E-state index is 6.48. The number of hydrogen-bond acceptors (Lipinski definition) is 3. The Balaban J connectivity index is 1.68. The van der Waals surface area contributed by atoms with Gasteiger partial charge in [-0.15, -0.1) is 0 Å². The average molecular weight is 240 g/mol. The third-order valence-electron chi connectivity index (χ3n) is 4.55. The van der Waals surface area contributed by atoms with Crippen molar-refractivity contribution >= 4 is 0 Å². The van der Waals surface area contributed by atoms with E-state index in [2.05, 4.69) is 4.90 Å². The molecule has 1 heterocycles. The van der Waals surface area contributed by atoms with Crippen molar-refractivity contribution in [2.75, 3.05) is 33.4 Å². The van der Waals surface area contributed by atoms with Gasteiger partial charge in [0.15, 0.2) is 0 Å². The smallest absolute Gasteiger partial charge is 0.0503 e. The van der Waals surface area contributed by atoms with Gasteiger partial charge in [-0.3, -0.25) is 0 Å². The zero-order valence-corrected chi connectivity index (χ0v) is 11.3. The van der Waals surface area contributed by atoms with Crippen LogP contribution in [0.4, 0.5) is 0 Å². The van der Waals surface area contributed by atoms with E-state index in [1.54, 1.807) is 7.11 Å². The SMILES string of the molecule is COCC1CCN(CCC2(N)CCCCC2)C1. The maximum Gasteiger partial charge on any atom is 0.0503 e. The van der Waals surface area contributed by atoms with Crippen molar-refractivity contribution in [1.82, 2.24) is 4.90 Å². The number of likely N-dealkylation sites (tertiary alicyclic amines) is 1. The van der Waals surface area contributed by atoms with E-state index in [9.17, 15) is 0 Å². The highest BCUT2D eigenvalue weighted by atomic mass is 16.5. The normalized spacial score (nSPS) is 29.6. The van der Waals surface area contributed by atoms with Gasteiger partial charge in [-0.25, -0.2) is 0 Å². The summed E-state index contributed by atoms with van der Waals surface area (Å²) in [5.41, 5.74) is 6.63. The Morgan fingerprint density at radius 2 is 2.06 bits per heavy atom. The summed E-state index contributed by atoms with van der Waals surface area (Å²) in [4.78, 5) is 2.58. The van der Waals surface area contributed by atoms with E-state index in [0.29, 0.717) is 0 Å². The predicted molar refractivity (Wildman–Crippen MR) is 71.0 cm³/mol. The monoisotopic (exact) mass is 240 g/mol. The molecule has 17 heavy (non-hydrogen) atoms. The van der Waals surface area contributed by atoms with E-state index in [1.165, 1.54) is 64.6 Å². The van der Waals surface area contributed by atoms with Crippen molar-refractivity contribution in [2.45, 2.75) is 50.5 Å². The van der Waals surface area contributed by atoms with Crippen molar-refractivity contribution in [2.24, 2.45) is 11.7 Å². The molecule has 2 aliphatic rings. The van der Waals surface area contributed by atoms with E-state index in [-0.39, 0.29) is 5.54 Å². The lowest BCUT2D eigenvalue weighted by Crippen LogP contribution is -2.44. The minimum absolute atomic E-state index is 0.150. The van der Waals surface area contributed by atoms with Gasteiger partial charge >= 0.3 is 0 Å². The molecule has 0 aromatic carbocycles. The van der Waals surface area contributed by atoms with Gasteiger partial charge in [0.05, 0.1) is 6.61 Å². The van der Waals surface area contributed by atoms with Gasteiger partial charge in [0.2, 0.25) is 0 Å². The van der Waals surface area contributed by atoms with Crippen molar-refractivity contribution in [3.05, 3.63) is 0 Å². The highest BCUT2D eigenvalue weighted by Gasteiger charge is 2.29. The molecule has 2 rings (SSSR count). The molecule has 100 valence electrons. The van der Waals surface area contributed by atoms with Crippen molar-refractivity contribution in [3.8, 4) is 0 Å². The van der Waals surface area contributed by atoms with Gasteiger partial charge in [-0.1, -0.05) is 19.3 Å². The van der Waals surface area contributed by atoms with Gasteiger partial charge in [0.1, 0.15) is 0 Å². The molecule has 0 radical (unpaired) electrons. The molecule has 3 nitrogen and oxygen atoms in total. The third kappa shape index (κ3) is 3.94. The van der Waals surface area contributed by atoms with Crippen molar-refractivity contribution in [3.63, 3.8) is 0 Å². The standard InChI is InChI=1S/C14H28N2O/c1-17-12-13-5-9-16(11-13)10-8-14(15)6-3-2-4-7-14/h13H,2-12,15H2,1H3. The van der Waals surface area contributed by atoms with Crippen LogP contribution >= 0.6 is 0 Å². The number of nitrogens with two attached hydrogens (primary N) is 1. The van der Waals surface area contributed by atoms with Crippen molar-refractivity contribution in [1.29, 1.82) is 0 Å². The Bertz CT molecular complexity index is 226. The quantitative estimate of drug-likeness (QED) is 0.799. The molecule has 0 aromatic rings. The summed E-state index contributed by atoms with van der Waals surface area (Å²) < 4.78 is 5.24. The Labute approximate surface area is 106 Å². The van der Waals surface area contributed by atoms with E-state index >= 15 is 0 Å². The van der Waals surface area contributed by atoms with Crippen LogP contribution in [0, 0.1) is 5.92 Å². The molecule has 0 spiro atoms. The van der Waals surface area contributed by atoms with Gasteiger partial charge in [0.25, 0.3) is 0 Å². The third-order valence-corrected chi connectivity index (χ3v) is 4.55. The zero-order chi connectivity index (χ0) is 12.1. The second-order valence-electron chi connectivity index (χ2n) is 6.08. The van der Waals surface area contributed by atoms with Crippen LogP contribution in [0.2, 0.25) is 0 Å². The Hall–Kier alpha value is -0.120. The number of hydrogen-bond donors (Lipinski definition) is 1. The molecule has 1 atom stereocenters. The summed E-state index contributed by atoms with van der Waals surface area (Å²) in [5, 5.41) is 0. The molecule has 2 fully saturated rings. The van der Waals surface area contributed by atoms with E-state index < -0.39 is 0 Å². The Morgan fingerprint density at radius 3 is 2.76 bits per heavy atom. The van der Waals surface area contributed by atoms with Crippen LogP contribution in [0.15, 0.2) is 0 Å². The molecule has 0 bridgehead atoms. The topological polar surface area (TPSA) is 38.5 Å². The highest BCUT2D eigenvalue weighted by molar-refractivity contribution is 4.89. The average Bonchev–Trinajstić information content (AvgIpc) is 2.76. The lowest BCUT2D eigenvalue weighted by molar-refractivity contribution is 0.151. The number of nitrogens with zero attached hydrogens (tertiary/aromatic N) is 1. The van der Waals surface area contributed by atoms with Crippen LogP contribution < -0.4 is 5.73 Å². The molecule has 3 heteroatoms. The maximum atomic E-state index is 6.48. The molecule has 0 aromatic heterocycles. The minimum Gasteiger partial charge on any atom is -0.384 e. The number of rotatable bonds is 5. The first-order valence-corrected chi connectivity index (χ1v) is 7.22. The summed E-state index contributed by atoms with van der Waals surface area (Å²) in [6.45, 7) is 4.56. The fourth-order valence-electron chi connectivity index (χ4n) is 3.37. The van der Waals surface area contributed by atoms with E-state index in [4.69, 9.17) is 10.5 Å². The molecular formula is C14H28N2O. The zero-order valence-electron chi connectivity index (χ0n) is 11.3. The molecule has 0 amide bonds. The fraction of sp³-hybridized carbons (Fsp3) is 1.00. The fourth-order valence-corrected chi connectivity index (χ4v) is 3.37. The first-order chi connectivity index (χ1) is 8.22. The summed E-state index contributed by atoms with van der Waals surface area (Å²) in [7, 11) is 1.81. The second-order valence-corrected chi connectivity index (χ2v) is 6.08. The van der Waals surface area contributed by atoms with E-state index in [0.717, 1.165) is 12.5 Å². The lowest BCUT2D eigenvalue weighted by atomic mass is 9.80. The second kappa shape index (κ2) is 6.17. The van der Waals surface area contributed by atoms with Crippen LogP contribution in [0.1, 0.15) is 44.9 Å². The summed E-state index contributed by atoms with van der Waals surface area (Å²) in [6.07, 6.45) is 9.02. The summed E-state index contributed by atoms with van der Waals surface area (Å²) in [6, 6.07) is 0. The van der Waals surface area contributed by atoms with Gasteiger partial charge in [0, 0.05) is 19.2 Å².